The second-order valence-electron chi connectivity index (χ2n) is 7.93. The maximum atomic E-state index is 12.1. The molecule has 0 aliphatic carbocycles. The van der Waals surface area contributed by atoms with Crippen molar-refractivity contribution >= 4 is 19.8 Å². The zero-order valence-electron chi connectivity index (χ0n) is 20.4. The highest BCUT2D eigenvalue weighted by Gasteiger charge is 2.25. The van der Waals surface area contributed by atoms with Gasteiger partial charge in [0.1, 0.15) is 6.61 Å². The third-order valence-corrected chi connectivity index (χ3v) is 5.69. The fourth-order valence-electron chi connectivity index (χ4n) is 2.94. The fourth-order valence-corrected chi connectivity index (χ4v) is 3.71. The maximum Gasteiger partial charge on any atom is 0.472 e. The first-order valence-corrected chi connectivity index (χ1v) is 13.6. The van der Waals surface area contributed by atoms with Gasteiger partial charge in [0, 0.05) is 19.9 Å². The van der Waals surface area contributed by atoms with E-state index in [9.17, 15) is 19.0 Å². The number of rotatable bonds is 22. The summed E-state index contributed by atoms with van der Waals surface area (Å²) >= 11 is 0. The highest BCUT2D eigenvalue weighted by Crippen LogP contribution is 2.43. The minimum atomic E-state index is -4.32. The van der Waals surface area contributed by atoms with Crippen molar-refractivity contribution in [1.29, 1.82) is 0 Å². The summed E-state index contributed by atoms with van der Waals surface area (Å²) in [4.78, 5) is 32.7. The van der Waals surface area contributed by atoms with Gasteiger partial charge >= 0.3 is 19.8 Å². The summed E-state index contributed by atoms with van der Waals surface area (Å²) in [5, 5.41) is 0. The van der Waals surface area contributed by atoms with Crippen molar-refractivity contribution in [2.24, 2.45) is 5.73 Å². The van der Waals surface area contributed by atoms with Crippen LogP contribution in [-0.2, 0) is 32.7 Å². The minimum absolute atomic E-state index is 0.0512. The van der Waals surface area contributed by atoms with Crippen LogP contribution in [0.5, 0.6) is 0 Å². The summed E-state index contributed by atoms with van der Waals surface area (Å²) in [6.07, 6.45) is 16.1. The van der Waals surface area contributed by atoms with Crippen molar-refractivity contribution in [3.8, 4) is 0 Å². The van der Waals surface area contributed by atoms with Crippen molar-refractivity contribution in [1.82, 2.24) is 0 Å². The smallest absolute Gasteiger partial charge is 0.462 e. The highest BCUT2D eigenvalue weighted by atomic mass is 31.2. The Bertz CT molecular complexity index is 585. The van der Waals surface area contributed by atoms with Crippen molar-refractivity contribution in [3.63, 3.8) is 0 Å². The van der Waals surface area contributed by atoms with Crippen LogP contribution in [0.1, 0.15) is 90.9 Å². The Kier molecular flexibility index (Phi) is 20.5. The second-order valence-corrected chi connectivity index (χ2v) is 9.38. The Morgan fingerprint density at radius 3 is 2.15 bits per heavy atom. The molecule has 0 bridgehead atoms. The summed E-state index contributed by atoms with van der Waals surface area (Å²) in [7, 11) is -4.32. The maximum absolute atomic E-state index is 12.1. The standard InChI is InChI=1S/C23H44NO8P/c1-3-4-5-6-7-8-9-10-11-12-13-14-15-16-23(26)32-22(19-29-21(2)25)20-31-33(27,28)30-18-17-24/h8-9,22H,3-7,10-20,24H2,1-2H3,(H,27,28)/b9-8-. The molecule has 0 amide bonds. The molecule has 0 aromatic carbocycles. The Labute approximate surface area is 199 Å². The van der Waals surface area contributed by atoms with Crippen LogP contribution in [0.3, 0.4) is 0 Å². The lowest BCUT2D eigenvalue weighted by Crippen LogP contribution is -2.29. The third-order valence-electron chi connectivity index (χ3n) is 4.71. The highest BCUT2D eigenvalue weighted by molar-refractivity contribution is 7.47. The van der Waals surface area contributed by atoms with Gasteiger partial charge in [-0.15, -0.1) is 0 Å². The van der Waals surface area contributed by atoms with Gasteiger partial charge in [-0.1, -0.05) is 57.6 Å². The molecule has 0 saturated heterocycles. The number of phosphoric acid groups is 1. The van der Waals surface area contributed by atoms with Gasteiger partial charge in [0.05, 0.1) is 13.2 Å². The Morgan fingerprint density at radius 1 is 0.939 bits per heavy atom. The van der Waals surface area contributed by atoms with Gasteiger partial charge in [-0.05, 0) is 32.1 Å². The van der Waals surface area contributed by atoms with Gasteiger partial charge in [0.25, 0.3) is 0 Å². The van der Waals surface area contributed by atoms with E-state index in [0.29, 0.717) is 6.42 Å². The summed E-state index contributed by atoms with van der Waals surface area (Å²) in [5.41, 5.74) is 5.22. The van der Waals surface area contributed by atoms with Crippen molar-refractivity contribution < 1.29 is 37.6 Å². The van der Waals surface area contributed by atoms with Crippen molar-refractivity contribution in [2.45, 2.75) is 97.0 Å². The number of allylic oxidation sites excluding steroid dienone is 2. The number of hydrogen-bond acceptors (Lipinski definition) is 8. The van der Waals surface area contributed by atoms with Crippen molar-refractivity contribution in [2.75, 3.05) is 26.4 Å². The van der Waals surface area contributed by atoms with E-state index in [1.54, 1.807) is 0 Å². The molecule has 2 unspecified atom stereocenters. The van der Waals surface area contributed by atoms with Gasteiger partial charge in [-0.2, -0.15) is 0 Å². The van der Waals surface area contributed by atoms with Gasteiger partial charge in [0.2, 0.25) is 0 Å². The zero-order chi connectivity index (χ0) is 24.8. The topological polar surface area (TPSA) is 134 Å². The van der Waals surface area contributed by atoms with E-state index < -0.39 is 32.5 Å². The molecular formula is C23H44NO8P. The molecule has 0 saturated carbocycles. The molecule has 9 nitrogen and oxygen atoms in total. The third kappa shape index (κ3) is 22.3. The predicted molar refractivity (Wildman–Crippen MR) is 128 cm³/mol. The summed E-state index contributed by atoms with van der Waals surface area (Å²) in [6.45, 7) is 2.61. The molecule has 0 radical (unpaired) electrons. The average molecular weight is 494 g/mol. The van der Waals surface area contributed by atoms with Gasteiger partial charge in [0.15, 0.2) is 6.10 Å². The number of nitrogens with two attached hydrogens (primary N) is 1. The summed E-state index contributed by atoms with van der Waals surface area (Å²) < 4.78 is 31.2. The van der Waals surface area contributed by atoms with E-state index >= 15 is 0 Å². The van der Waals surface area contributed by atoms with Crippen molar-refractivity contribution in [3.05, 3.63) is 12.2 Å². The van der Waals surface area contributed by atoms with Gasteiger partial charge < -0.3 is 20.1 Å². The molecule has 10 heteroatoms. The van der Waals surface area contributed by atoms with E-state index in [2.05, 4.69) is 23.6 Å². The average Bonchev–Trinajstić information content (AvgIpc) is 2.77. The lowest BCUT2D eigenvalue weighted by atomic mass is 10.1. The first-order valence-electron chi connectivity index (χ1n) is 12.1. The molecule has 0 aliphatic heterocycles. The van der Waals surface area contributed by atoms with Crippen LogP contribution in [0, 0.1) is 0 Å². The number of phosphoric ester groups is 1. The predicted octanol–water partition coefficient (Wildman–Crippen LogP) is 4.81. The molecular weight excluding hydrogens is 449 g/mol. The molecule has 0 heterocycles. The van der Waals surface area contributed by atoms with E-state index in [0.717, 1.165) is 32.1 Å². The number of carbonyl (C=O) groups is 2. The van der Waals surface area contributed by atoms with Crippen LogP contribution in [0.4, 0.5) is 0 Å². The molecule has 0 rings (SSSR count). The minimum Gasteiger partial charge on any atom is -0.462 e. The Morgan fingerprint density at radius 2 is 1.55 bits per heavy atom. The lowest BCUT2D eigenvalue weighted by molar-refractivity contribution is -0.160. The number of esters is 2. The second kappa shape index (κ2) is 21.3. The van der Waals surface area contributed by atoms with Crippen LogP contribution in [0.2, 0.25) is 0 Å². The van der Waals surface area contributed by atoms with Crippen LogP contribution in [0.15, 0.2) is 12.2 Å². The first-order chi connectivity index (χ1) is 15.8. The Hall–Kier alpha value is -1.25. The largest absolute Gasteiger partial charge is 0.472 e. The summed E-state index contributed by atoms with van der Waals surface area (Å²) in [6, 6.07) is 0. The van der Waals surface area contributed by atoms with Gasteiger partial charge in [-0.3, -0.25) is 18.6 Å². The molecule has 194 valence electrons. The van der Waals surface area contributed by atoms with Gasteiger partial charge in [-0.25, -0.2) is 4.57 Å². The Balaban J connectivity index is 4.00. The van der Waals surface area contributed by atoms with Crippen LogP contribution < -0.4 is 5.73 Å². The van der Waals surface area contributed by atoms with E-state index in [1.807, 2.05) is 0 Å². The molecule has 0 aliphatic rings. The van der Waals surface area contributed by atoms with E-state index in [-0.39, 0.29) is 26.2 Å². The molecule has 0 aromatic heterocycles. The number of hydrogen-bond donors (Lipinski definition) is 2. The van der Waals surface area contributed by atoms with Crippen LogP contribution in [-0.4, -0.2) is 49.3 Å². The lowest BCUT2D eigenvalue weighted by Gasteiger charge is -2.19. The number of carbonyl (C=O) groups excluding carboxylic acids is 2. The van der Waals surface area contributed by atoms with Crippen LogP contribution in [0.25, 0.3) is 0 Å². The molecule has 2 atom stereocenters. The normalized spacial score (nSPS) is 14.2. The quantitative estimate of drug-likeness (QED) is 0.0942. The molecule has 3 N–H and O–H groups in total. The molecule has 0 spiro atoms. The van der Waals surface area contributed by atoms with Crippen LogP contribution >= 0.6 is 7.82 Å². The first kappa shape index (κ1) is 31.8. The number of ether oxygens (including phenoxy) is 2. The number of unbranched alkanes of at least 4 members (excludes halogenated alkanes) is 9. The molecule has 0 fully saturated rings. The summed E-state index contributed by atoms with van der Waals surface area (Å²) in [5.74, 6) is -1.04. The monoisotopic (exact) mass is 493 g/mol. The fraction of sp³-hybridized carbons (Fsp3) is 0.826. The zero-order valence-corrected chi connectivity index (χ0v) is 21.3. The van der Waals surface area contributed by atoms with E-state index in [4.69, 9.17) is 19.7 Å². The van der Waals surface area contributed by atoms with E-state index in [1.165, 1.54) is 39.0 Å². The molecule has 33 heavy (non-hydrogen) atoms. The molecule has 0 aromatic rings. The SMILES string of the molecule is CCCCCC/C=C\CCCCCCCC(=O)OC(COC(C)=O)COP(=O)(O)OCCN.